The van der Waals surface area contributed by atoms with Crippen LogP contribution in [0.4, 0.5) is 19.0 Å². The number of alkyl halides is 3. The Kier molecular flexibility index (Phi) is 2.13. The number of hydrogen-bond acceptors (Lipinski definition) is 2. The van der Waals surface area contributed by atoms with Gasteiger partial charge in [0.2, 0.25) is 0 Å². The first-order valence-corrected chi connectivity index (χ1v) is 4.72. The van der Waals surface area contributed by atoms with E-state index in [0.29, 0.717) is 5.82 Å². The molecule has 1 heterocycles. The molecule has 0 radical (unpaired) electrons. The number of pyridine rings is 1. The second-order valence-electron chi connectivity index (χ2n) is 3.74. The van der Waals surface area contributed by atoms with Crippen LogP contribution in [0, 0.1) is 0 Å². The van der Waals surface area contributed by atoms with Crippen molar-refractivity contribution in [3.8, 4) is 0 Å². The van der Waals surface area contributed by atoms with Gasteiger partial charge in [0.05, 0.1) is 5.69 Å². The Labute approximate surface area is 85.5 Å². The van der Waals surface area contributed by atoms with Crippen LogP contribution in [0.3, 0.4) is 0 Å². The number of hydrogen-bond donors (Lipinski definition) is 1. The molecule has 1 N–H and O–H groups in total. The zero-order valence-corrected chi connectivity index (χ0v) is 8.23. The highest BCUT2D eigenvalue weighted by molar-refractivity contribution is 5.39. The van der Waals surface area contributed by atoms with E-state index in [1.165, 1.54) is 6.07 Å². The van der Waals surface area contributed by atoms with Crippen molar-refractivity contribution in [2.75, 3.05) is 12.4 Å². The van der Waals surface area contributed by atoms with Gasteiger partial charge in [-0.2, -0.15) is 13.2 Å². The summed E-state index contributed by atoms with van der Waals surface area (Å²) >= 11 is 0. The van der Waals surface area contributed by atoms with E-state index in [1.807, 2.05) is 0 Å². The van der Waals surface area contributed by atoms with Gasteiger partial charge in [-0.1, -0.05) is 6.07 Å². The largest absolute Gasteiger partial charge is 0.399 e. The lowest BCUT2D eigenvalue weighted by atomic mass is 10.0. The summed E-state index contributed by atoms with van der Waals surface area (Å²) in [5.41, 5.74) is -1.55. The van der Waals surface area contributed by atoms with Crippen molar-refractivity contribution in [3.05, 3.63) is 23.9 Å². The topological polar surface area (TPSA) is 24.9 Å². The third kappa shape index (κ3) is 1.56. The van der Waals surface area contributed by atoms with Gasteiger partial charge in [0.1, 0.15) is 11.2 Å². The standard InChI is InChI=1S/C10H11F3N2/c1-14-8-4-2-3-7(15-8)9(5-6-9)10(11,12)13/h2-4H,5-6H2,1H3,(H,14,15). The van der Waals surface area contributed by atoms with Crippen molar-refractivity contribution in [3.63, 3.8) is 0 Å². The van der Waals surface area contributed by atoms with E-state index < -0.39 is 11.6 Å². The van der Waals surface area contributed by atoms with Crippen molar-refractivity contribution in [1.82, 2.24) is 4.98 Å². The van der Waals surface area contributed by atoms with Crippen LogP contribution in [0.15, 0.2) is 18.2 Å². The minimum absolute atomic E-state index is 0.127. The quantitative estimate of drug-likeness (QED) is 0.822. The number of nitrogens with zero attached hydrogens (tertiary/aromatic N) is 1. The SMILES string of the molecule is CNc1cccc(C2(C(F)(F)F)CC2)n1. The highest BCUT2D eigenvalue weighted by Crippen LogP contribution is 2.58. The first-order valence-electron chi connectivity index (χ1n) is 4.72. The van der Waals surface area contributed by atoms with Gasteiger partial charge in [0.15, 0.2) is 0 Å². The lowest BCUT2D eigenvalue weighted by Gasteiger charge is -2.18. The average Bonchev–Trinajstić information content (AvgIpc) is 2.97. The summed E-state index contributed by atoms with van der Waals surface area (Å²) in [7, 11) is 1.64. The number of aromatic nitrogens is 1. The van der Waals surface area contributed by atoms with Gasteiger partial charge in [0, 0.05) is 7.05 Å². The van der Waals surface area contributed by atoms with Crippen LogP contribution < -0.4 is 5.32 Å². The summed E-state index contributed by atoms with van der Waals surface area (Å²) in [5.74, 6) is 0.475. The van der Waals surface area contributed by atoms with E-state index in [9.17, 15) is 13.2 Å². The van der Waals surface area contributed by atoms with E-state index in [1.54, 1.807) is 19.2 Å². The fourth-order valence-corrected chi connectivity index (χ4v) is 1.65. The van der Waals surface area contributed by atoms with Crippen LogP contribution in [-0.4, -0.2) is 18.2 Å². The van der Waals surface area contributed by atoms with E-state index >= 15 is 0 Å². The van der Waals surface area contributed by atoms with Crippen LogP contribution in [0.2, 0.25) is 0 Å². The molecule has 0 spiro atoms. The Hall–Kier alpha value is -1.26. The van der Waals surface area contributed by atoms with Crippen LogP contribution in [-0.2, 0) is 5.41 Å². The van der Waals surface area contributed by atoms with Crippen molar-refractivity contribution in [2.45, 2.75) is 24.4 Å². The van der Waals surface area contributed by atoms with Crippen LogP contribution in [0.5, 0.6) is 0 Å². The molecule has 15 heavy (non-hydrogen) atoms. The molecule has 0 amide bonds. The Bertz CT molecular complexity index is 369. The lowest BCUT2D eigenvalue weighted by Crippen LogP contribution is -2.29. The van der Waals surface area contributed by atoms with Gasteiger partial charge in [-0.25, -0.2) is 4.98 Å². The summed E-state index contributed by atoms with van der Waals surface area (Å²) in [6.45, 7) is 0. The van der Waals surface area contributed by atoms with Gasteiger partial charge in [0.25, 0.3) is 0 Å². The first-order chi connectivity index (χ1) is 6.99. The van der Waals surface area contributed by atoms with Crippen LogP contribution in [0.1, 0.15) is 18.5 Å². The maximum Gasteiger partial charge on any atom is 0.399 e. The summed E-state index contributed by atoms with van der Waals surface area (Å²) in [5, 5.41) is 2.74. The summed E-state index contributed by atoms with van der Waals surface area (Å²) in [4.78, 5) is 3.96. The fraction of sp³-hybridized carbons (Fsp3) is 0.500. The van der Waals surface area contributed by atoms with Gasteiger partial charge in [-0.3, -0.25) is 0 Å². The minimum Gasteiger partial charge on any atom is -0.373 e. The predicted molar refractivity (Wildman–Crippen MR) is 50.8 cm³/mol. The van der Waals surface area contributed by atoms with E-state index in [2.05, 4.69) is 10.3 Å². The molecular weight excluding hydrogens is 205 g/mol. The van der Waals surface area contributed by atoms with Crippen molar-refractivity contribution in [1.29, 1.82) is 0 Å². The number of nitrogens with one attached hydrogen (secondary N) is 1. The first kappa shape index (κ1) is 10.3. The van der Waals surface area contributed by atoms with Crippen LogP contribution in [0.25, 0.3) is 0 Å². The zero-order chi connectivity index (χ0) is 11.1. The van der Waals surface area contributed by atoms with Gasteiger partial charge >= 0.3 is 6.18 Å². The van der Waals surface area contributed by atoms with Crippen LogP contribution >= 0.6 is 0 Å². The molecule has 0 unspecified atom stereocenters. The molecular formula is C10H11F3N2. The average molecular weight is 216 g/mol. The number of anilines is 1. The lowest BCUT2D eigenvalue weighted by molar-refractivity contribution is -0.161. The molecule has 0 bridgehead atoms. The van der Waals surface area contributed by atoms with Crippen molar-refractivity contribution in [2.24, 2.45) is 0 Å². The highest BCUT2D eigenvalue weighted by atomic mass is 19.4. The molecule has 0 aliphatic heterocycles. The molecule has 2 rings (SSSR count). The molecule has 2 nitrogen and oxygen atoms in total. The summed E-state index contributed by atoms with van der Waals surface area (Å²) in [6.07, 6.45) is -3.89. The molecule has 1 saturated carbocycles. The zero-order valence-electron chi connectivity index (χ0n) is 8.23. The van der Waals surface area contributed by atoms with Crippen molar-refractivity contribution < 1.29 is 13.2 Å². The van der Waals surface area contributed by atoms with E-state index in [0.717, 1.165) is 0 Å². The third-order valence-corrected chi connectivity index (χ3v) is 2.79. The van der Waals surface area contributed by atoms with E-state index in [-0.39, 0.29) is 18.5 Å². The molecule has 5 heteroatoms. The molecule has 1 aliphatic rings. The molecule has 0 atom stereocenters. The Balaban J connectivity index is 2.38. The number of rotatable bonds is 2. The normalized spacial score (nSPS) is 18.7. The summed E-state index contributed by atoms with van der Waals surface area (Å²) < 4.78 is 38.3. The maximum absolute atomic E-state index is 12.8. The molecule has 1 aliphatic carbocycles. The van der Waals surface area contributed by atoms with Crippen molar-refractivity contribution >= 4 is 5.82 Å². The third-order valence-electron chi connectivity index (χ3n) is 2.79. The monoisotopic (exact) mass is 216 g/mol. The highest BCUT2D eigenvalue weighted by Gasteiger charge is 2.65. The minimum atomic E-state index is -4.19. The second kappa shape index (κ2) is 3.12. The molecule has 0 saturated heterocycles. The molecule has 1 aromatic rings. The fourth-order valence-electron chi connectivity index (χ4n) is 1.65. The molecule has 82 valence electrons. The van der Waals surface area contributed by atoms with E-state index in [4.69, 9.17) is 0 Å². The predicted octanol–water partition coefficient (Wildman–Crippen LogP) is 2.72. The number of halogens is 3. The molecule has 0 aromatic carbocycles. The molecule has 1 aromatic heterocycles. The Morgan fingerprint density at radius 1 is 1.33 bits per heavy atom. The maximum atomic E-state index is 12.8. The van der Waals surface area contributed by atoms with Gasteiger partial charge < -0.3 is 5.32 Å². The van der Waals surface area contributed by atoms with Gasteiger partial charge in [-0.15, -0.1) is 0 Å². The van der Waals surface area contributed by atoms with Gasteiger partial charge in [-0.05, 0) is 25.0 Å². The Morgan fingerprint density at radius 2 is 2.00 bits per heavy atom. The summed E-state index contributed by atoms with van der Waals surface area (Å²) in [6, 6.07) is 4.69. The molecule has 1 fully saturated rings. The Morgan fingerprint density at radius 3 is 2.47 bits per heavy atom. The smallest absolute Gasteiger partial charge is 0.373 e. The second-order valence-corrected chi connectivity index (χ2v) is 3.74.